The van der Waals surface area contributed by atoms with Crippen molar-refractivity contribution >= 4 is 17.5 Å². The van der Waals surface area contributed by atoms with Gasteiger partial charge in [-0.15, -0.1) is 0 Å². The van der Waals surface area contributed by atoms with Gasteiger partial charge in [0, 0.05) is 30.5 Å². The zero-order valence-electron chi connectivity index (χ0n) is 14.7. The molecule has 0 saturated heterocycles. The number of nitrogens with zero attached hydrogens (tertiary/aromatic N) is 4. The minimum Gasteiger partial charge on any atom is -0.352 e. The largest absolute Gasteiger partial charge is 0.434 e. The van der Waals surface area contributed by atoms with Crippen LogP contribution in [0.2, 0.25) is 5.02 Å². The highest BCUT2D eigenvalue weighted by atomic mass is 35.5. The van der Waals surface area contributed by atoms with Crippen LogP contribution in [-0.2, 0) is 12.7 Å². The molecule has 2 heterocycles. The van der Waals surface area contributed by atoms with Gasteiger partial charge < -0.3 is 9.88 Å². The summed E-state index contributed by atoms with van der Waals surface area (Å²) in [4.78, 5) is 16.2. The van der Waals surface area contributed by atoms with E-state index in [0.29, 0.717) is 11.1 Å². The highest BCUT2D eigenvalue weighted by Crippen LogP contribution is 2.34. The van der Waals surface area contributed by atoms with Crippen molar-refractivity contribution in [1.82, 2.24) is 24.6 Å². The number of carbonyl (C=O) groups excluding carboxylic acids is 1. The second-order valence-electron chi connectivity index (χ2n) is 6.06. The molecule has 0 aliphatic heterocycles. The van der Waals surface area contributed by atoms with Gasteiger partial charge in [-0.05, 0) is 31.0 Å². The summed E-state index contributed by atoms with van der Waals surface area (Å²) in [6.45, 7) is 0.976. The van der Waals surface area contributed by atoms with Crippen molar-refractivity contribution < 1.29 is 18.0 Å². The Morgan fingerprint density at radius 3 is 2.75 bits per heavy atom. The summed E-state index contributed by atoms with van der Waals surface area (Å²) in [6, 6.07) is 5.84. The Hall–Kier alpha value is -2.81. The van der Waals surface area contributed by atoms with Crippen molar-refractivity contribution in [2.45, 2.75) is 25.6 Å². The second kappa shape index (κ2) is 8.47. The fourth-order valence-corrected chi connectivity index (χ4v) is 2.91. The number of aryl methyl sites for hydroxylation is 1. The van der Waals surface area contributed by atoms with Crippen molar-refractivity contribution in [2.24, 2.45) is 0 Å². The van der Waals surface area contributed by atoms with Gasteiger partial charge in [-0.2, -0.15) is 18.3 Å². The molecule has 1 aromatic carbocycles. The maximum atomic E-state index is 13.6. The molecule has 148 valence electrons. The third-order valence-corrected chi connectivity index (χ3v) is 4.26. The Bertz CT molecular complexity index is 937. The first kappa shape index (κ1) is 19.9. The van der Waals surface area contributed by atoms with Crippen LogP contribution < -0.4 is 5.32 Å². The van der Waals surface area contributed by atoms with Crippen LogP contribution in [-0.4, -0.2) is 31.8 Å². The lowest BCUT2D eigenvalue weighted by molar-refractivity contribution is -0.143. The summed E-state index contributed by atoms with van der Waals surface area (Å²) in [5.41, 5.74) is -1.54. The summed E-state index contributed by atoms with van der Waals surface area (Å²) in [6.07, 6.45) is 2.70. The molecule has 6 nitrogen and oxygen atoms in total. The quantitative estimate of drug-likeness (QED) is 0.599. The van der Waals surface area contributed by atoms with Gasteiger partial charge in [-0.3, -0.25) is 4.79 Å². The Balaban J connectivity index is 1.69. The molecule has 0 unspecified atom stereocenters. The Labute approximate surface area is 163 Å². The minimum absolute atomic E-state index is 0.124. The minimum atomic E-state index is -4.76. The molecule has 0 aliphatic carbocycles. The maximum Gasteiger partial charge on any atom is 0.434 e. The van der Waals surface area contributed by atoms with Crippen molar-refractivity contribution in [1.29, 1.82) is 0 Å². The van der Waals surface area contributed by atoms with Crippen LogP contribution >= 0.6 is 11.6 Å². The van der Waals surface area contributed by atoms with E-state index in [1.165, 1.54) is 18.2 Å². The molecule has 28 heavy (non-hydrogen) atoms. The van der Waals surface area contributed by atoms with E-state index < -0.39 is 23.3 Å². The SMILES string of the molecule is O=C(NCCCCn1ccnc1)c1cnn(-c2cccc(Cl)c2)c1C(F)(F)F. The number of alkyl halides is 3. The van der Waals surface area contributed by atoms with Crippen LogP contribution in [0.3, 0.4) is 0 Å². The van der Waals surface area contributed by atoms with Crippen LogP contribution in [0.15, 0.2) is 49.2 Å². The smallest absolute Gasteiger partial charge is 0.352 e. The molecular weight excluding hydrogens is 395 g/mol. The van der Waals surface area contributed by atoms with E-state index in [4.69, 9.17) is 11.6 Å². The number of amides is 1. The number of imidazole rings is 1. The lowest BCUT2D eigenvalue weighted by atomic mass is 10.2. The lowest BCUT2D eigenvalue weighted by Gasteiger charge is -2.13. The highest BCUT2D eigenvalue weighted by Gasteiger charge is 2.40. The number of benzene rings is 1. The number of unbranched alkanes of at least 4 members (excludes halogenated alkanes) is 1. The van der Waals surface area contributed by atoms with Crippen LogP contribution in [0.5, 0.6) is 0 Å². The van der Waals surface area contributed by atoms with Crippen molar-refractivity contribution in [3.8, 4) is 5.69 Å². The molecular formula is C18H17ClF3N5O. The van der Waals surface area contributed by atoms with E-state index in [0.717, 1.165) is 19.2 Å². The Morgan fingerprint density at radius 2 is 2.07 bits per heavy atom. The number of aromatic nitrogens is 4. The predicted molar refractivity (Wildman–Crippen MR) is 97.4 cm³/mol. The molecule has 3 aromatic rings. The average Bonchev–Trinajstić information content (AvgIpc) is 3.30. The zero-order valence-corrected chi connectivity index (χ0v) is 15.4. The molecule has 3 rings (SSSR count). The van der Waals surface area contributed by atoms with Crippen LogP contribution in [0.25, 0.3) is 5.69 Å². The van der Waals surface area contributed by atoms with E-state index in [-0.39, 0.29) is 17.3 Å². The number of rotatable bonds is 7. The zero-order chi connectivity index (χ0) is 20.1. The first-order valence-corrected chi connectivity index (χ1v) is 8.89. The van der Waals surface area contributed by atoms with Crippen LogP contribution in [0, 0.1) is 0 Å². The van der Waals surface area contributed by atoms with Crippen LogP contribution in [0.4, 0.5) is 13.2 Å². The van der Waals surface area contributed by atoms with Gasteiger partial charge in [0.1, 0.15) is 0 Å². The number of carbonyl (C=O) groups is 1. The summed E-state index contributed by atoms with van der Waals surface area (Å²) >= 11 is 5.86. The highest BCUT2D eigenvalue weighted by molar-refractivity contribution is 6.30. The first-order chi connectivity index (χ1) is 13.4. The number of nitrogens with one attached hydrogen (secondary N) is 1. The first-order valence-electron chi connectivity index (χ1n) is 8.51. The molecule has 2 aromatic heterocycles. The van der Waals surface area contributed by atoms with Gasteiger partial charge in [0.15, 0.2) is 5.69 Å². The summed E-state index contributed by atoms with van der Waals surface area (Å²) in [5.74, 6) is -0.816. The molecule has 0 bridgehead atoms. The number of hydrogen-bond donors (Lipinski definition) is 1. The summed E-state index contributed by atoms with van der Waals surface area (Å²) in [5, 5.41) is 6.55. The fraction of sp³-hybridized carbons (Fsp3) is 0.278. The molecule has 0 saturated carbocycles. The molecule has 0 atom stereocenters. The number of halogens is 4. The molecule has 0 fully saturated rings. The number of hydrogen-bond acceptors (Lipinski definition) is 3. The van der Waals surface area contributed by atoms with Crippen molar-refractivity contribution in [2.75, 3.05) is 6.54 Å². The normalized spacial score (nSPS) is 11.6. The molecule has 1 N–H and O–H groups in total. The predicted octanol–water partition coefficient (Wildman–Crippen LogP) is 3.95. The van der Waals surface area contributed by atoms with E-state index >= 15 is 0 Å². The van der Waals surface area contributed by atoms with Gasteiger partial charge in [0.2, 0.25) is 0 Å². The van der Waals surface area contributed by atoms with Gasteiger partial charge in [-0.25, -0.2) is 9.67 Å². The monoisotopic (exact) mass is 411 g/mol. The molecule has 0 radical (unpaired) electrons. The molecule has 0 aliphatic rings. The van der Waals surface area contributed by atoms with Crippen molar-refractivity contribution in [3.63, 3.8) is 0 Å². The topological polar surface area (TPSA) is 64.7 Å². The van der Waals surface area contributed by atoms with E-state index in [1.807, 2.05) is 10.8 Å². The Kier molecular flexibility index (Phi) is 6.03. The molecule has 0 spiro atoms. The van der Waals surface area contributed by atoms with Gasteiger partial charge in [0.25, 0.3) is 5.91 Å². The van der Waals surface area contributed by atoms with Gasteiger partial charge in [0.05, 0.1) is 23.8 Å². The van der Waals surface area contributed by atoms with Crippen LogP contribution in [0.1, 0.15) is 28.9 Å². The lowest BCUT2D eigenvalue weighted by Crippen LogP contribution is -2.27. The second-order valence-corrected chi connectivity index (χ2v) is 6.50. The Morgan fingerprint density at radius 1 is 1.25 bits per heavy atom. The summed E-state index contributed by atoms with van der Waals surface area (Å²) < 4.78 is 43.4. The molecule has 10 heteroatoms. The average molecular weight is 412 g/mol. The standard InChI is InChI=1S/C18H17ClF3N5O/c19-13-4-3-5-14(10-13)27-16(18(20,21)22)15(11-25-27)17(28)24-6-1-2-8-26-9-7-23-12-26/h3-5,7,9-12H,1-2,6,8H2,(H,24,28). The third kappa shape index (κ3) is 4.72. The van der Waals surface area contributed by atoms with Crippen molar-refractivity contribution in [3.05, 3.63) is 65.5 Å². The third-order valence-electron chi connectivity index (χ3n) is 4.02. The molecule has 1 amide bonds. The van der Waals surface area contributed by atoms with E-state index in [1.54, 1.807) is 18.6 Å². The van der Waals surface area contributed by atoms with E-state index in [2.05, 4.69) is 15.4 Å². The van der Waals surface area contributed by atoms with Gasteiger partial charge in [-0.1, -0.05) is 17.7 Å². The summed E-state index contributed by atoms with van der Waals surface area (Å²) in [7, 11) is 0. The van der Waals surface area contributed by atoms with E-state index in [9.17, 15) is 18.0 Å². The fourth-order valence-electron chi connectivity index (χ4n) is 2.73. The van der Waals surface area contributed by atoms with Gasteiger partial charge >= 0.3 is 6.18 Å². The maximum absolute atomic E-state index is 13.6.